The smallest absolute Gasteiger partial charge is 0.251 e. The van der Waals surface area contributed by atoms with Crippen molar-refractivity contribution in [1.29, 1.82) is 0 Å². The number of hydrogen-bond donors (Lipinski definition) is 2. The zero-order valence-electron chi connectivity index (χ0n) is 21.9. The number of rotatable bonds is 7. The van der Waals surface area contributed by atoms with Crippen LogP contribution in [0.2, 0.25) is 0 Å². The average molecular weight is 516 g/mol. The molecule has 7 heteroatoms. The van der Waals surface area contributed by atoms with Crippen molar-refractivity contribution in [3.8, 4) is 11.3 Å². The van der Waals surface area contributed by atoms with Crippen LogP contribution in [0.25, 0.3) is 16.9 Å². The second-order valence-electron chi connectivity index (χ2n) is 10.0. The largest absolute Gasteiger partial charge is 0.378 e. The van der Waals surface area contributed by atoms with Crippen LogP contribution in [0, 0.1) is 0 Å². The van der Waals surface area contributed by atoms with Gasteiger partial charge in [-0.05, 0) is 70.3 Å². The highest BCUT2D eigenvalue weighted by atomic mass is 16.2. The number of aromatic nitrogens is 2. The maximum absolute atomic E-state index is 12.7. The number of carbonyl (C=O) groups excluding carboxylic acids is 2. The van der Waals surface area contributed by atoms with E-state index in [4.69, 9.17) is 0 Å². The van der Waals surface area contributed by atoms with E-state index in [1.165, 1.54) is 0 Å². The molecular weight excluding hydrogens is 486 g/mol. The summed E-state index contributed by atoms with van der Waals surface area (Å²) in [5.41, 5.74) is 9.74. The molecule has 3 heterocycles. The van der Waals surface area contributed by atoms with E-state index in [-0.39, 0.29) is 11.8 Å². The molecule has 0 spiro atoms. The van der Waals surface area contributed by atoms with E-state index < -0.39 is 0 Å². The molecule has 2 amide bonds. The molecule has 2 N–H and O–H groups in total. The summed E-state index contributed by atoms with van der Waals surface area (Å²) in [6.07, 6.45) is 4.47. The van der Waals surface area contributed by atoms with E-state index in [2.05, 4.69) is 38.2 Å². The van der Waals surface area contributed by atoms with E-state index in [9.17, 15) is 9.59 Å². The molecule has 1 aliphatic heterocycles. The number of nitrogens with one attached hydrogen (secondary N) is 2. The molecule has 0 aliphatic carbocycles. The molecule has 0 saturated heterocycles. The molecule has 2 aromatic heterocycles. The molecule has 6 rings (SSSR count). The van der Waals surface area contributed by atoms with Gasteiger partial charge in [0.1, 0.15) is 5.65 Å². The van der Waals surface area contributed by atoms with Crippen LogP contribution in [0.3, 0.4) is 0 Å². The van der Waals surface area contributed by atoms with Gasteiger partial charge < -0.3 is 15.5 Å². The molecule has 7 nitrogen and oxygen atoms in total. The van der Waals surface area contributed by atoms with Crippen LogP contribution in [-0.2, 0) is 19.5 Å². The first-order valence-electron chi connectivity index (χ1n) is 13.0. The van der Waals surface area contributed by atoms with Crippen molar-refractivity contribution in [1.82, 2.24) is 20.0 Å². The van der Waals surface area contributed by atoms with Gasteiger partial charge in [-0.3, -0.25) is 14.0 Å². The molecule has 39 heavy (non-hydrogen) atoms. The number of imidazole rings is 1. The minimum absolute atomic E-state index is 0.0157. The van der Waals surface area contributed by atoms with Crippen molar-refractivity contribution in [2.24, 2.45) is 0 Å². The third-order valence-electron chi connectivity index (χ3n) is 7.23. The predicted molar refractivity (Wildman–Crippen MR) is 153 cm³/mol. The summed E-state index contributed by atoms with van der Waals surface area (Å²) in [5, 5.41) is 5.88. The lowest BCUT2D eigenvalue weighted by Gasteiger charge is -2.13. The number of carbonyl (C=O) groups is 2. The molecule has 0 radical (unpaired) electrons. The molecule has 1 aliphatic rings. The lowest BCUT2D eigenvalue weighted by molar-refractivity contribution is 0.0947. The van der Waals surface area contributed by atoms with Crippen molar-refractivity contribution in [2.45, 2.75) is 19.5 Å². The fourth-order valence-electron chi connectivity index (χ4n) is 5.02. The first-order chi connectivity index (χ1) is 19.0. The van der Waals surface area contributed by atoms with E-state index in [1.807, 2.05) is 92.1 Å². The maximum Gasteiger partial charge on any atom is 0.251 e. The monoisotopic (exact) mass is 515 g/mol. The van der Waals surface area contributed by atoms with Crippen molar-refractivity contribution in [3.05, 3.63) is 125 Å². The Hall–Kier alpha value is -4.91. The Kier molecular flexibility index (Phi) is 6.32. The Labute approximate surface area is 227 Å². The first kappa shape index (κ1) is 24.4. The van der Waals surface area contributed by atoms with Crippen molar-refractivity contribution in [2.75, 3.05) is 19.0 Å². The van der Waals surface area contributed by atoms with Crippen molar-refractivity contribution >= 4 is 23.1 Å². The normalized spacial score (nSPS) is 12.3. The number of fused-ring (bicyclic) bond motifs is 2. The first-order valence-corrected chi connectivity index (χ1v) is 13.0. The van der Waals surface area contributed by atoms with Gasteiger partial charge in [-0.25, -0.2) is 4.98 Å². The molecule has 3 aromatic carbocycles. The van der Waals surface area contributed by atoms with E-state index >= 15 is 0 Å². The van der Waals surface area contributed by atoms with Gasteiger partial charge in [0.25, 0.3) is 11.8 Å². The summed E-state index contributed by atoms with van der Waals surface area (Å²) in [6.45, 7) is 1.04. The second kappa shape index (κ2) is 10.1. The Morgan fingerprint density at radius 3 is 2.51 bits per heavy atom. The van der Waals surface area contributed by atoms with Gasteiger partial charge in [0.2, 0.25) is 0 Å². The van der Waals surface area contributed by atoms with Crippen LogP contribution in [-0.4, -0.2) is 35.3 Å². The molecule has 194 valence electrons. The van der Waals surface area contributed by atoms with Crippen LogP contribution in [0.5, 0.6) is 0 Å². The second-order valence-corrected chi connectivity index (χ2v) is 10.0. The van der Waals surface area contributed by atoms with Crippen LogP contribution in [0.4, 0.5) is 5.69 Å². The lowest BCUT2D eigenvalue weighted by Crippen LogP contribution is -2.22. The Bertz CT molecular complexity index is 1680. The van der Waals surface area contributed by atoms with Gasteiger partial charge in [-0.15, -0.1) is 0 Å². The van der Waals surface area contributed by atoms with Crippen LogP contribution >= 0.6 is 0 Å². The number of hydrogen-bond acceptors (Lipinski definition) is 4. The van der Waals surface area contributed by atoms with Gasteiger partial charge in [-0.2, -0.15) is 0 Å². The summed E-state index contributed by atoms with van der Waals surface area (Å²) in [5.74, 6) is -0.109. The highest BCUT2D eigenvalue weighted by molar-refractivity contribution is 5.99. The zero-order valence-corrected chi connectivity index (χ0v) is 21.9. The van der Waals surface area contributed by atoms with Crippen molar-refractivity contribution < 1.29 is 9.59 Å². The van der Waals surface area contributed by atoms with E-state index in [1.54, 1.807) is 0 Å². The molecule has 0 fully saturated rings. The Balaban J connectivity index is 1.15. The van der Waals surface area contributed by atoms with Gasteiger partial charge in [-0.1, -0.05) is 36.4 Å². The van der Waals surface area contributed by atoms with Crippen LogP contribution in [0.15, 0.2) is 91.3 Å². The number of amides is 2. The quantitative estimate of drug-likeness (QED) is 0.325. The summed E-state index contributed by atoms with van der Waals surface area (Å²) in [6, 6.07) is 26.1. The van der Waals surface area contributed by atoms with Gasteiger partial charge >= 0.3 is 0 Å². The highest BCUT2D eigenvalue weighted by Gasteiger charge is 2.19. The molecule has 5 aromatic rings. The summed E-state index contributed by atoms with van der Waals surface area (Å²) >= 11 is 0. The summed E-state index contributed by atoms with van der Waals surface area (Å²) in [4.78, 5) is 31.3. The van der Waals surface area contributed by atoms with Gasteiger partial charge in [0.05, 0.1) is 5.69 Å². The van der Waals surface area contributed by atoms with Gasteiger partial charge in [0, 0.05) is 62.8 Å². The Morgan fingerprint density at radius 1 is 0.974 bits per heavy atom. The average Bonchev–Trinajstić information content (AvgIpc) is 3.60. The SMILES string of the molecule is CN(C)c1ccc(CNC(=O)c2ccc(Cc3ccc(-c4ccc5c(c4)CNC5=O)n4ccnc34)cc2)cc1. The number of pyridine rings is 1. The fourth-order valence-corrected chi connectivity index (χ4v) is 5.02. The van der Waals surface area contributed by atoms with Gasteiger partial charge in [0.15, 0.2) is 0 Å². The molecule has 0 saturated carbocycles. The van der Waals surface area contributed by atoms with Crippen molar-refractivity contribution in [3.63, 3.8) is 0 Å². The molecule has 0 unspecified atom stereocenters. The van der Waals surface area contributed by atoms with E-state index in [0.29, 0.717) is 25.1 Å². The highest BCUT2D eigenvalue weighted by Crippen LogP contribution is 2.28. The minimum atomic E-state index is -0.0931. The number of anilines is 1. The molecular formula is C32H29N5O2. The fraction of sp³-hybridized carbons (Fsp3) is 0.156. The maximum atomic E-state index is 12.7. The standard InChI is InChI=1S/C32H29N5O2/c1-36(2)27-11-5-22(6-12-27)19-34-31(38)23-7-3-21(4-8-23)17-25-10-14-29(37-16-15-33-30(25)37)24-9-13-28-26(18-24)20-35-32(28)39/h3-16,18H,17,19-20H2,1-2H3,(H,34,38)(H,35,39). The topological polar surface area (TPSA) is 78.7 Å². The third-order valence-corrected chi connectivity index (χ3v) is 7.23. The number of benzene rings is 3. The third kappa shape index (κ3) is 4.86. The summed E-state index contributed by atoms with van der Waals surface area (Å²) < 4.78 is 2.09. The zero-order chi connectivity index (χ0) is 26.9. The Morgan fingerprint density at radius 2 is 1.74 bits per heavy atom. The van der Waals surface area contributed by atoms with Crippen LogP contribution in [0.1, 0.15) is 43.0 Å². The predicted octanol–water partition coefficient (Wildman–Crippen LogP) is 4.83. The summed E-state index contributed by atoms with van der Waals surface area (Å²) in [7, 11) is 4.01. The lowest BCUT2D eigenvalue weighted by atomic mass is 10.0. The van der Waals surface area contributed by atoms with E-state index in [0.717, 1.165) is 50.4 Å². The van der Waals surface area contributed by atoms with Crippen LogP contribution < -0.4 is 15.5 Å². The molecule has 0 bridgehead atoms. The minimum Gasteiger partial charge on any atom is -0.378 e. The number of nitrogens with zero attached hydrogens (tertiary/aromatic N) is 3. The molecule has 0 atom stereocenters.